The van der Waals surface area contributed by atoms with Crippen LogP contribution in [0.3, 0.4) is 0 Å². The van der Waals surface area contributed by atoms with Gasteiger partial charge in [-0.3, -0.25) is 14.4 Å². The smallest absolute Gasteiger partial charge is 0.224 e. The molecule has 1 aromatic heterocycles. The van der Waals surface area contributed by atoms with E-state index in [1.165, 1.54) is 6.07 Å². The highest BCUT2D eigenvalue weighted by molar-refractivity contribution is 5.78. The number of piperidine rings is 1. The first-order valence-corrected chi connectivity index (χ1v) is 8.74. The summed E-state index contributed by atoms with van der Waals surface area (Å²) in [6.45, 7) is 1.63. The quantitative estimate of drug-likeness (QED) is 0.905. The molecule has 25 heavy (non-hydrogen) atoms. The lowest BCUT2D eigenvalue weighted by Gasteiger charge is -2.39. The summed E-state index contributed by atoms with van der Waals surface area (Å²) in [4.78, 5) is 14.6. The van der Waals surface area contributed by atoms with Crippen LogP contribution in [-0.4, -0.2) is 40.7 Å². The molecule has 1 aromatic carbocycles. The molecule has 0 saturated carbocycles. The molecule has 2 heterocycles. The molecule has 134 valence electrons. The summed E-state index contributed by atoms with van der Waals surface area (Å²) in [5.41, 5.74) is 1.60. The number of halogens is 1. The monoisotopic (exact) mass is 344 g/mol. The maximum absolute atomic E-state index is 13.7. The molecule has 3 rings (SSSR count). The molecular formula is C19H25FN4O. The number of aromatic nitrogens is 2. The van der Waals surface area contributed by atoms with Gasteiger partial charge in [-0.15, -0.1) is 0 Å². The van der Waals surface area contributed by atoms with Gasteiger partial charge in [0.25, 0.3) is 0 Å². The summed E-state index contributed by atoms with van der Waals surface area (Å²) in [5, 5.41) is 7.28. The Hall–Kier alpha value is -2.21. The van der Waals surface area contributed by atoms with Crippen molar-refractivity contribution in [1.82, 2.24) is 20.0 Å². The Morgan fingerprint density at radius 1 is 1.32 bits per heavy atom. The summed E-state index contributed by atoms with van der Waals surface area (Å²) in [6, 6.07) is 8.70. The SMILES string of the molecule is CN1CCC[C@@H](CNC(=O)Cc2ccccc2F)[C@@H]1c1ccnn1C. The van der Waals surface area contributed by atoms with Gasteiger partial charge in [0.05, 0.1) is 18.2 Å². The molecule has 1 aliphatic rings. The van der Waals surface area contributed by atoms with E-state index in [1.807, 2.05) is 24.0 Å². The number of hydrogen-bond acceptors (Lipinski definition) is 3. The Morgan fingerprint density at radius 2 is 2.12 bits per heavy atom. The fourth-order valence-corrected chi connectivity index (χ4v) is 3.74. The van der Waals surface area contributed by atoms with Crippen LogP contribution in [0.1, 0.15) is 30.1 Å². The van der Waals surface area contributed by atoms with Gasteiger partial charge in [0.2, 0.25) is 5.91 Å². The third-order valence-electron chi connectivity index (χ3n) is 5.04. The van der Waals surface area contributed by atoms with Crippen LogP contribution in [0.4, 0.5) is 4.39 Å². The second-order valence-electron chi connectivity index (χ2n) is 6.78. The second kappa shape index (κ2) is 7.78. The number of rotatable bonds is 5. The molecule has 1 aliphatic heterocycles. The van der Waals surface area contributed by atoms with E-state index in [-0.39, 0.29) is 24.2 Å². The van der Waals surface area contributed by atoms with E-state index in [1.54, 1.807) is 18.2 Å². The Labute approximate surface area is 147 Å². The van der Waals surface area contributed by atoms with E-state index in [9.17, 15) is 9.18 Å². The van der Waals surface area contributed by atoms with Crippen molar-refractivity contribution in [2.75, 3.05) is 20.1 Å². The molecule has 0 aliphatic carbocycles. The van der Waals surface area contributed by atoms with Gasteiger partial charge in [-0.2, -0.15) is 5.10 Å². The maximum Gasteiger partial charge on any atom is 0.224 e. The van der Waals surface area contributed by atoms with E-state index in [4.69, 9.17) is 0 Å². The minimum Gasteiger partial charge on any atom is -0.355 e. The van der Waals surface area contributed by atoms with Crippen LogP contribution in [0.25, 0.3) is 0 Å². The van der Waals surface area contributed by atoms with E-state index < -0.39 is 0 Å². The lowest BCUT2D eigenvalue weighted by Crippen LogP contribution is -2.42. The highest BCUT2D eigenvalue weighted by Crippen LogP contribution is 2.34. The molecule has 1 N–H and O–H groups in total. The third-order valence-corrected chi connectivity index (χ3v) is 5.04. The highest BCUT2D eigenvalue weighted by Gasteiger charge is 2.32. The van der Waals surface area contributed by atoms with Crippen LogP contribution in [0.15, 0.2) is 36.5 Å². The van der Waals surface area contributed by atoms with Crippen LogP contribution in [0.5, 0.6) is 0 Å². The van der Waals surface area contributed by atoms with Gasteiger partial charge < -0.3 is 5.32 Å². The summed E-state index contributed by atoms with van der Waals surface area (Å²) < 4.78 is 15.6. The summed E-state index contributed by atoms with van der Waals surface area (Å²) in [5.74, 6) is -0.149. The largest absolute Gasteiger partial charge is 0.355 e. The third kappa shape index (κ3) is 4.07. The zero-order valence-corrected chi connectivity index (χ0v) is 14.8. The Bertz CT molecular complexity index is 730. The van der Waals surface area contributed by atoms with Gasteiger partial charge in [0.1, 0.15) is 5.82 Å². The fraction of sp³-hybridized carbons (Fsp3) is 0.474. The molecule has 5 nitrogen and oxygen atoms in total. The van der Waals surface area contributed by atoms with Crippen molar-refractivity contribution in [3.8, 4) is 0 Å². The first kappa shape index (κ1) is 17.6. The molecule has 1 fully saturated rings. The second-order valence-corrected chi connectivity index (χ2v) is 6.78. The maximum atomic E-state index is 13.7. The summed E-state index contributed by atoms with van der Waals surface area (Å²) in [6.07, 6.45) is 4.05. The fourth-order valence-electron chi connectivity index (χ4n) is 3.74. The number of aryl methyl sites for hydroxylation is 1. The first-order valence-electron chi connectivity index (χ1n) is 8.74. The molecule has 1 amide bonds. The minimum absolute atomic E-state index is 0.0750. The number of carbonyl (C=O) groups is 1. The van der Waals surface area contributed by atoms with Crippen molar-refractivity contribution in [1.29, 1.82) is 0 Å². The van der Waals surface area contributed by atoms with Crippen LogP contribution in [0.2, 0.25) is 0 Å². The minimum atomic E-state index is -0.331. The molecule has 1 saturated heterocycles. The van der Waals surface area contributed by atoms with Gasteiger partial charge in [-0.25, -0.2) is 4.39 Å². The average molecular weight is 344 g/mol. The van der Waals surface area contributed by atoms with E-state index in [0.717, 1.165) is 25.1 Å². The van der Waals surface area contributed by atoms with Crippen molar-refractivity contribution >= 4 is 5.91 Å². The molecule has 2 aromatic rings. The van der Waals surface area contributed by atoms with Crippen molar-refractivity contribution in [2.45, 2.75) is 25.3 Å². The number of nitrogens with one attached hydrogen (secondary N) is 1. The number of amides is 1. The van der Waals surface area contributed by atoms with Crippen molar-refractivity contribution in [2.24, 2.45) is 13.0 Å². The van der Waals surface area contributed by atoms with E-state index in [2.05, 4.69) is 22.4 Å². The van der Waals surface area contributed by atoms with Crippen molar-refractivity contribution in [3.05, 3.63) is 53.6 Å². The van der Waals surface area contributed by atoms with Gasteiger partial charge in [-0.05, 0) is 50.0 Å². The molecule has 0 bridgehead atoms. The lowest BCUT2D eigenvalue weighted by molar-refractivity contribution is -0.120. The molecule has 2 atom stereocenters. The predicted molar refractivity (Wildman–Crippen MR) is 94.4 cm³/mol. The van der Waals surface area contributed by atoms with E-state index in [0.29, 0.717) is 18.0 Å². The molecule has 6 heteroatoms. The van der Waals surface area contributed by atoms with Gasteiger partial charge >= 0.3 is 0 Å². The number of likely N-dealkylation sites (tertiary alicyclic amines) is 1. The number of carbonyl (C=O) groups excluding carboxylic acids is 1. The summed E-state index contributed by atoms with van der Waals surface area (Å²) in [7, 11) is 4.07. The predicted octanol–water partition coefficient (Wildman–Crippen LogP) is 2.30. The zero-order chi connectivity index (χ0) is 17.8. The normalized spacial score (nSPS) is 21.2. The van der Waals surface area contributed by atoms with Crippen molar-refractivity contribution < 1.29 is 9.18 Å². The van der Waals surface area contributed by atoms with Gasteiger partial charge in [0.15, 0.2) is 0 Å². The number of nitrogens with zero attached hydrogens (tertiary/aromatic N) is 3. The summed E-state index contributed by atoms with van der Waals surface area (Å²) >= 11 is 0. The molecule has 0 unspecified atom stereocenters. The standard InChI is InChI=1S/C19H25FN4O/c1-23-11-5-7-15(19(23)17-9-10-22-24(17)2)13-21-18(25)12-14-6-3-4-8-16(14)20/h3-4,6,8-10,15,19H,5,7,11-13H2,1-2H3,(H,21,25)/t15-,19+/m0/s1. The Morgan fingerprint density at radius 3 is 2.84 bits per heavy atom. The number of benzene rings is 1. The Balaban J connectivity index is 1.63. The molecule has 0 spiro atoms. The van der Waals surface area contributed by atoms with Crippen LogP contribution in [-0.2, 0) is 18.3 Å². The van der Waals surface area contributed by atoms with E-state index >= 15 is 0 Å². The van der Waals surface area contributed by atoms with Crippen LogP contribution < -0.4 is 5.32 Å². The lowest BCUT2D eigenvalue weighted by atomic mass is 9.87. The van der Waals surface area contributed by atoms with Gasteiger partial charge in [0, 0.05) is 19.8 Å². The Kier molecular flexibility index (Phi) is 5.48. The first-order chi connectivity index (χ1) is 12.1. The van der Waals surface area contributed by atoms with Crippen LogP contribution in [0, 0.1) is 11.7 Å². The topological polar surface area (TPSA) is 50.2 Å². The average Bonchev–Trinajstić information content (AvgIpc) is 3.01. The van der Waals surface area contributed by atoms with Gasteiger partial charge in [-0.1, -0.05) is 18.2 Å². The molecule has 0 radical (unpaired) electrons. The zero-order valence-electron chi connectivity index (χ0n) is 14.8. The highest BCUT2D eigenvalue weighted by atomic mass is 19.1. The molecular weight excluding hydrogens is 319 g/mol. The van der Waals surface area contributed by atoms with Crippen molar-refractivity contribution in [3.63, 3.8) is 0 Å². The number of hydrogen-bond donors (Lipinski definition) is 1. The van der Waals surface area contributed by atoms with Crippen LogP contribution >= 0.6 is 0 Å².